The zero-order valence-electron chi connectivity index (χ0n) is 7.60. The summed E-state index contributed by atoms with van der Waals surface area (Å²) in [5.41, 5.74) is 0. The highest BCUT2D eigenvalue weighted by Gasteiger charge is 2.35. The SMILES string of the molecule is CC(Cl)C(C)c1cnc(C(F)(F)F)s1. The molecule has 6 heteroatoms. The molecule has 0 fully saturated rings. The third-order valence-corrected chi connectivity index (χ3v) is 3.52. The maximum Gasteiger partial charge on any atom is 0.443 e. The number of thiazole rings is 1. The summed E-state index contributed by atoms with van der Waals surface area (Å²) in [6.45, 7) is 3.53. The Bertz CT molecular complexity index is 308. The molecule has 0 radical (unpaired) electrons. The minimum atomic E-state index is -4.35. The summed E-state index contributed by atoms with van der Waals surface area (Å²) in [4.78, 5) is 3.90. The second-order valence-electron chi connectivity index (χ2n) is 3.03. The van der Waals surface area contributed by atoms with Crippen LogP contribution in [0.25, 0.3) is 0 Å². The number of rotatable bonds is 2. The van der Waals surface area contributed by atoms with Crippen LogP contribution in [0, 0.1) is 0 Å². The van der Waals surface area contributed by atoms with E-state index >= 15 is 0 Å². The van der Waals surface area contributed by atoms with Crippen molar-refractivity contribution in [2.24, 2.45) is 0 Å². The third-order valence-electron chi connectivity index (χ3n) is 1.90. The lowest BCUT2D eigenvalue weighted by atomic mass is 10.1. The molecule has 1 heterocycles. The number of halogens is 4. The average molecular weight is 244 g/mol. The van der Waals surface area contributed by atoms with Crippen molar-refractivity contribution in [1.29, 1.82) is 0 Å². The summed E-state index contributed by atoms with van der Waals surface area (Å²) in [6.07, 6.45) is -3.10. The molecule has 0 saturated carbocycles. The molecule has 0 bridgehead atoms. The van der Waals surface area contributed by atoms with Gasteiger partial charge < -0.3 is 0 Å². The first-order valence-corrected chi connectivity index (χ1v) is 5.24. The van der Waals surface area contributed by atoms with Gasteiger partial charge in [-0.3, -0.25) is 0 Å². The minimum absolute atomic E-state index is 0.106. The van der Waals surface area contributed by atoms with E-state index in [1.807, 2.05) is 0 Å². The second kappa shape index (κ2) is 4.06. The molecule has 0 spiro atoms. The molecular weight excluding hydrogens is 235 g/mol. The Kier molecular flexibility index (Phi) is 3.42. The van der Waals surface area contributed by atoms with Gasteiger partial charge in [0.25, 0.3) is 0 Å². The lowest BCUT2D eigenvalue weighted by Crippen LogP contribution is -2.03. The van der Waals surface area contributed by atoms with Gasteiger partial charge in [0.1, 0.15) is 0 Å². The molecule has 0 aliphatic rings. The van der Waals surface area contributed by atoms with Gasteiger partial charge in [-0.1, -0.05) is 6.92 Å². The molecule has 0 N–H and O–H groups in total. The Labute approximate surface area is 88.9 Å². The molecule has 14 heavy (non-hydrogen) atoms. The zero-order valence-corrected chi connectivity index (χ0v) is 9.17. The average Bonchev–Trinajstić information content (AvgIpc) is 2.49. The zero-order chi connectivity index (χ0) is 10.9. The predicted molar refractivity (Wildman–Crippen MR) is 50.8 cm³/mol. The van der Waals surface area contributed by atoms with E-state index in [0.29, 0.717) is 16.2 Å². The van der Waals surface area contributed by atoms with Crippen molar-refractivity contribution in [3.05, 3.63) is 16.1 Å². The number of nitrogens with zero attached hydrogens (tertiary/aromatic N) is 1. The van der Waals surface area contributed by atoms with Crippen LogP contribution in [0.1, 0.15) is 29.7 Å². The summed E-state index contributed by atoms with van der Waals surface area (Å²) >= 11 is 6.44. The highest BCUT2D eigenvalue weighted by atomic mass is 35.5. The first-order valence-electron chi connectivity index (χ1n) is 3.99. The summed E-state index contributed by atoms with van der Waals surface area (Å²) in [7, 11) is 0. The predicted octanol–water partition coefficient (Wildman–Crippen LogP) is 3.89. The third kappa shape index (κ3) is 2.60. The first-order chi connectivity index (χ1) is 6.32. The van der Waals surface area contributed by atoms with Gasteiger partial charge in [-0.2, -0.15) is 13.2 Å². The monoisotopic (exact) mass is 243 g/mol. The Morgan fingerprint density at radius 1 is 1.43 bits per heavy atom. The van der Waals surface area contributed by atoms with Crippen molar-refractivity contribution in [3.8, 4) is 0 Å². The van der Waals surface area contributed by atoms with Gasteiger partial charge in [-0.15, -0.1) is 22.9 Å². The van der Waals surface area contributed by atoms with E-state index in [0.717, 1.165) is 0 Å². The van der Waals surface area contributed by atoms with Gasteiger partial charge in [-0.25, -0.2) is 4.98 Å². The first kappa shape index (κ1) is 11.8. The van der Waals surface area contributed by atoms with Crippen molar-refractivity contribution >= 4 is 22.9 Å². The molecule has 0 amide bonds. The van der Waals surface area contributed by atoms with E-state index in [-0.39, 0.29) is 11.3 Å². The van der Waals surface area contributed by atoms with Crippen LogP contribution in [0.15, 0.2) is 6.20 Å². The fourth-order valence-electron chi connectivity index (χ4n) is 0.855. The summed E-state index contributed by atoms with van der Waals surface area (Å²) in [5.74, 6) is -0.106. The van der Waals surface area contributed by atoms with E-state index in [9.17, 15) is 13.2 Å². The molecule has 2 unspecified atom stereocenters. The van der Waals surface area contributed by atoms with E-state index in [1.165, 1.54) is 6.20 Å². The van der Waals surface area contributed by atoms with E-state index in [4.69, 9.17) is 11.6 Å². The standard InChI is InChI=1S/C8H9ClF3NS/c1-4(5(2)9)6-3-13-7(14-6)8(10,11)12/h3-5H,1-2H3. The number of hydrogen-bond donors (Lipinski definition) is 0. The highest BCUT2D eigenvalue weighted by Crippen LogP contribution is 2.36. The van der Waals surface area contributed by atoms with Crippen molar-refractivity contribution in [2.45, 2.75) is 31.3 Å². The van der Waals surface area contributed by atoms with Gasteiger partial charge >= 0.3 is 6.18 Å². The number of aromatic nitrogens is 1. The van der Waals surface area contributed by atoms with Gasteiger partial charge in [0.05, 0.1) is 0 Å². The number of alkyl halides is 4. The van der Waals surface area contributed by atoms with E-state index < -0.39 is 11.2 Å². The smallest absolute Gasteiger partial charge is 0.240 e. The van der Waals surface area contributed by atoms with Crippen LogP contribution in [-0.2, 0) is 6.18 Å². The molecule has 1 nitrogen and oxygen atoms in total. The summed E-state index contributed by atoms with van der Waals surface area (Å²) < 4.78 is 36.5. The molecule has 2 atom stereocenters. The molecule has 0 saturated heterocycles. The molecule has 1 aromatic heterocycles. The Morgan fingerprint density at radius 3 is 2.36 bits per heavy atom. The van der Waals surface area contributed by atoms with Gasteiger partial charge in [0.15, 0.2) is 5.01 Å². The fraction of sp³-hybridized carbons (Fsp3) is 0.625. The van der Waals surface area contributed by atoms with Crippen LogP contribution in [0.5, 0.6) is 0 Å². The van der Waals surface area contributed by atoms with Gasteiger partial charge in [-0.05, 0) is 6.92 Å². The molecule has 0 aliphatic heterocycles. The largest absolute Gasteiger partial charge is 0.443 e. The van der Waals surface area contributed by atoms with Gasteiger partial charge in [0.2, 0.25) is 0 Å². The maximum absolute atomic E-state index is 12.2. The van der Waals surface area contributed by atoms with Crippen LogP contribution in [0.3, 0.4) is 0 Å². The molecule has 1 rings (SSSR count). The Balaban J connectivity index is 2.89. The van der Waals surface area contributed by atoms with Gasteiger partial charge in [0, 0.05) is 22.4 Å². The van der Waals surface area contributed by atoms with Crippen molar-refractivity contribution < 1.29 is 13.2 Å². The van der Waals surface area contributed by atoms with Crippen LogP contribution in [0.4, 0.5) is 13.2 Å². The Hall–Kier alpha value is -0.290. The minimum Gasteiger partial charge on any atom is -0.240 e. The molecule has 1 aromatic rings. The fourth-order valence-corrected chi connectivity index (χ4v) is 2.00. The van der Waals surface area contributed by atoms with Crippen molar-refractivity contribution in [3.63, 3.8) is 0 Å². The molecule has 0 aromatic carbocycles. The van der Waals surface area contributed by atoms with Crippen LogP contribution < -0.4 is 0 Å². The topological polar surface area (TPSA) is 12.9 Å². The van der Waals surface area contributed by atoms with Crippen LogP contribution >= 0.6 is 22.9 Å². The highest BCUT2D eigenvalue weighted by molar-refractivity contribution is 7.11. The summed E-state index contributed by atoms with van der Waals surface area (Å²) in [5, 5.41) is -1.01. The van der Waals surface area contributed by atoms with Crippen molar-refractivity contribution in [1.82, 2.24) is 4.98 Å². The maximum atomic E-state index is 12.2. The molecular formula is C8H9ClF3NS. The second-order valence-corrected chi connectivity index (χ2v) is 4.78. The van der Waals surface area contributed by atoms with E-state index in [2.05, 4.69) is 4.98 Å². The van der Waals surface area contributed by atoms with E-state index in [1.54, 1.807) is 13.8 Å². The van der Waals surface area contributed by atoms with Crippen LogP contribution in [-0.4, -0.2) is 10.4 Å². The van der Waals surface area contributed by atoms with Crippen molar-refractivity contribution in [2.75, 3.05) is 0 Å². The lowest BCUT2D eigenvalue weighted by Gasteiger charge is -2.10. The van der Waals surface area contributed by atoms with Crippen LogP contribution in [0.2, 0.25) is 0 Å². The molecule has 80 valence electrons. The summed E-state index contributed by atoms with van der Waals surface area (Å²) in [6, 6.07) is 0. The Morgan fingerprint density at radius 2 is 2.00 bits per heavy atom. The number of hydrogen-bond acceptors (Lipinski definition) is 2. The quantitative estimate of drug-likeness (QED) is 0.718. The molecule has 0 aliphatic carbocycles. The normalized spacial score (nSPS) is 16.7. The lowest BCUT2D eigenvalue weighted by molar-refractivity contribution is -0.137.